The van der Waals surface area contributed by atoms with Crippen LogP contribution in [0.15, 0.2) is 51.7 Å². The van der Waals surface area contributed by atoms with E-state index in [2.05, 4.69) is 0 Å². The van der Waals surface area contributed by atoms with E-state index in [1.165, 1.54) is 12.1 Å². The number of halogens is 2. The average Bonchev–Trinajstić information content (AvgIpc) is 2.50. The highest BCUT2D eigenvalue weighted by molar-refractivity contribution is 6.30. The normalized spacial score (nSPS) is 10.3. The lowest BCUT2D eigenvalue weighted by Crippen LogP contribution is -2.09. The number of hydrogen-bond donors (Lipinski definition) is 1. The van der Waals surface area contributed by atoms with Gasteiger partial charge in [-0.15, -0.1) is 12.4 Å². The fourth-order valence-electron chi connectivity index (χ4n) is 2.38. The molecule has 1 N–H and O–H groups in total. The second kappa shape index (κ2) is 6.44. The Morgan fingerprint density at radius 2 is 1.87 bits per heavy atom. The van der Waals surface area contributed by atoms with Crippen LogP contribution in [0.5, 0.6) is 0 Å². The molecule has 23 heavy (non-hydrogen) atoms. The standard InChI is InChI=1S/C17H11ClO4.ClH/c1-9-14(19)12-6-3-7-13(17(20)21)16(12)22-15(9)10-4-2-5-11(18)8-10;/h2-8H,1H3,(H,20,21);1H. The van der Waals surface area contributed by atoms with Gasteiger partial charge < -0.3 is 9.52 Å². The predicted octanol–water partition coefficient (Wildman–Crippen LogP) is 4.54. The zero-order valence-corrected chi connectivity index (χ0v) is 13.6. The molecule has 0 spiro atoms. The molecule has 0 unspecified atom stereocenters. The fourth-order valence-corrected chi connectivity index (χ4v) is 2.57. The monoisotopic (exact) mass is 350 g/mol. The summed E-state index contributed by atoms with van der Waals surface area (Å²) in [4.78, 5) is 23.8. The number of carboxylic acid groups (broad SMARTS) is 1. The van der Waals surface area contributed by atoms with E-state index in [0.29, 0.717) is 21.9 Å². The minimum Gasteiger partial charge on any atom is -0.478 e. The molecule has 0 amide bonds. The largest absolute Gasteiger partial charge is 0.478 e. The second-order valence-electron chi connectivity index (χ2n) is 4.88. The molecule has 0 atom stereocenters. The van der Waals surface area contributed by atoms with Gasteiger partial charge in [0.05, 0.1) is 5.39 Å². The van der Waals surface area contributed by atoms with E-state index >= 15 is 0 Å². The Hall–Kier alpha value is -2.30. The van der Waals surface area contributed by atoms with Crippen LogP contribution >= 0.6 is 24.0 Å². The van der Waals surface area contributed by atoms with Crippen molar-refractivity contribution in [2.75, 3.05) is 0 Å². The van der Waals surface area contributed by atoms with E-state index in [1.807, 2.05) is 0 Å². The van der Waals surface area contributed by atoms with Gasteiger partial charge in [-0.05, 0) is 31.2 Å². The SMILES string of the molecule is Cc1c(-c2cccc(Cl)c2)oc2c(C(=O)O)cccc2c1=O.Cl. The molecule has 0 fully saturated rings. The summed E-state index contributed by atoms with van der Waals surface area (Å²) >= 11 is 5.97. The molecule has 0 aliphatic rings. The molecule has 3 rings (SSSR count). The lowest BCUT2D eigenvalue weighted by Gasteiger charge is -2.09. The van der Waals surface area contributed by atoms with Crippen molar-refractivity contribution >= 4 is 40.9 Å². The molecular weight excluding hydrogens is 339 g/mol. The zero-order valence-electron chi connectivity index (χ0n) is 12.0. The van der Waals surface area contributed by atoms with Crippen LogP contribution < -0.4 is 5.43 Å². The van der Waals surface area contributed by atoms with Gasteiger partial charge in [0, 0.05) is 16.1 Å². The van der Waals surface area contributed by atoms with Gasteiger partial charge in [-0.1, -0.05) is 29.8 Å². The summed E-state index contributed by atoms with van der Waals surface area (Å²) in [5.74, 6) is -0.816. The van der Waals surface area contributed by atoms with Gasteiger partial charge in [-0.3, -0.25) is 4.79 Å². The Balaban J connectivity index is 0.00000192. The smallest absolute Gasteiger partial charge is 0.339 e. The van der Waals surface area contributed by atoms with Crippen molar-refractivity contribution in [2.24, 2.45) is 0 Å². The lowest BCUT2D eigenvalue weighted by atomic mass is 10.0. The zero-order chi connectivity index (χ0) is 15.9. The van der Waals surface area contributed by atoms with E-state index in [1.54, 1.807) is 37.3 Å². The van der Waals surface area contributed by atoms with Gasteiger partial charge in [0.2, 0.25) is 0 Å². The summed E-state index contributed by atoms with van der Waals surface area (Å²) in [6.07, 6.45) is 0. The Morgan fingerprint density at radius 1 is 1.17 bits per heavy atom. The van der Waals surface area contributed by atoms with Gasteiger partial charge in [0.1, 0.15) is 11.3 Å². The van der Waals surface area contributed by atoms with E-state index in [0.717, 1.165) is 0 Å². The number of aromatic carboxylic acids is 1. The minimum atomic E-state index is -1.14. The number of rotatable bonds is 2. The Labute approximate surface area is 142 Å². The van der Waals surface area contributed by atoms with Gasteiger partial charge >= 0.3 is 5.97 Å². The van der Waals surface area contributed by atoms with Crippen LogP contribution in [0.1, 0.15) is 15.9 Å². The quantitative estimate of drug-likeness (QED) is 0.736. The molecule has 6 heteroatoms. The molecule has 1 aromatic heterocycles. The van der Waals surface area contributed by atoms with Crippen LogP contribution in [0, 0.1) is 6.92 Å². The van der Waals surface area contributed by atoms with Crippen molar-refractivity contribution < 1.29 is 14.3 Å². The van der Waals surface area contributed by atoms with Crippen LogP contribution in [-0.4, -0.2) is 11.1 Å². The van der Waals surface area contributed by atoms with E-state index in [4.69, 9.17) is 16.0 Å². The molecule has 118 valence electrons. The minimum absolute atomic E-state index is 0. The molecule has 3 aromatic rings. The molecule has 0 saturated carbocycles. The molecule has 2 aromatic carbocycles. The summed E-state index contributed by atoms with van der Waals surface area (Å²) in [6, 6.07) is 11.4. The average molecular weight is 351 g/mol. The van der Waals surface area contributed by atoms with Crippen molar-refractivity contribution in [3.05, 3.63) is 68.8 Å². The number of carbonyl (C=O) groups is 1. The first-order chi connectivity index (χ1) is 10.5. The third kappa shape index (κ3) is 2.96. The molecule has 0 radical (unpaired) electrons. The van der Waals surface area contributed by atoms with Crippen molar-refractivity contribution in [2.45, 2.75) is 6.92 Å². The number of para-hydroxylation sites is 1. The number of fused-ring (bicyclic) bond motifs is 1. The Morgan fingerprint density at radius 3 is 2.52 bits per heavy atom. The van der Waals surface area contributed by atoms with Crippen molar-refractivity contribution in [1.82, 2.24) is 0 Å². The summed E-state index contributed by atoms with van der Waals surface area (Å²) in [5.41, 5.74) is 0.819. The van der Waals surface area contributed by atoms with Gasteiger partial charge in [-0.2, -0.15) is 0 Å². The van der Waals surface area contributed by atoms with Crippen molar-refractivity contribution in [3.8, 4) is 11.3 Å². The topological polar surface area (TPSA) is 67.5 Å². The van der Waals surface area contributed by atoms with Gasteiger partial charge in [-0.25, -0.2) is 4.79 Å². The van der Waals surface area contributed by atoms with Crippen LogP contribution in [0.4, 0.5) is 0 Å². The van der Waals surface area contributed by atoms with Crippen molar-refractivity contribution in [1.29, 1.82) is 0 Å². The number of carboxylic acids is 1. The first kappa shape index (κ1) is 17.1. The van der Waals surface area contributed by atoms with Crippen LogP contribution in [0.25, 0.3) is 22.3 Å². The highest BCUT2D eigenvalue weighted by atomic mass is 35.5. The molecule has 0 aliphatic heterocycles. The van der Waals surface area contributed by atoms with Crippen LogP contribution in [-0.2, 0) is 0 Å². The number of benzene rings is 2. The summed E-state index contributed by atoms with van der Waals surface area (Å²) in [5, 5.41) is 10.0. The highest BCUT2D eigenvalue weighted by Crippen LogP contribution is 2.28. The molecule has 0 bridgehead atoms. The van der Waals surface area contributed by atoms with E-state index in [9.17, 15) is 14.7 Å². The maximum Gasteiger partial charge on any atom is 0.339 e. The fraction of sp³-hybridized carbons (Fsp3) is 0.0588. The third-order valence-corrected chi connectivity index (χ3v) is 3.70. The molecular formula is C17H12Cl2O4. The predicted molar refractivity (Wildman–Crippen MR) is 91.9 cm³/mol. The molecule has 0 saturated heterocycles. The summed E-state index contributed by atoms with van der Waals surface area (Å²) in [6.45, 7) is 1.65. The van der Waals surface area contributed by atoms with Gasteiger partial charge in [0.25, 0.3) is 0 Å². The second-order valence-corrected chi connectivity index (χ2v) is 5.32. The molecule has 0 aliphatic carbocycles. The van der Waals surface area contributed by atoms with Crippen LogP contribution in [0.2, 0.25) is 5.02 Å². The van der Waals surface area contributed by atoms with Crippen LogP contribution in [0.3, 0.4) is 0 Å². The molecule has 4 nitrogen and oxygen atoms in total. The molecule has 1 heterocycles. The summed E-state index contributed by atoms with van der Waals surface area (Å²) < 4.78 is 5.77. The van der Waals surface area contributed by atoms with E-state index in [-0.39, 0.29) is 34.4 Å². The lowest BCUT2D eigenvalue weighted by molar-refractivity contribution is 0.0698. The maximum atomic E-state index is 12.5. The first-order valence-corrected chi connectivity index (χ1v) is 6.92. The first-order valence-electron chi connectivity index (χ1n) is 6.54. The summed E-state index contributed by atoms with van der Waals surface area (Å²) in [7, 11) is 0. The third-order valence-electron chi connectivity index (χ3n) is 3.46. The number of hydrogen-bond acceptors (Lipinski definition) is 3. The van der Waals surface area contributed by atoms with Crippen molar-refractivity contribution in [3.63, 3.8) is 0 Å². The van der Waals surface area contributed by atoms with E-state index < -0.39 is 5.97 Å². The van der Waals surface area contributed by atoms with Gasteiger partial charge in [0.15, 0.2) is 11.0 Å². The Kier molecular flexibility index (Phi) is 4.78. The maximum absolute atomic E-state index is 12.5. The Bertz CT molecular complexity index is 960. The highest BCUT2D eigenvalue weighted by Gasteiger charge is 2.17.